The predicted molar refractivity (Wildman–Crippen MR) is 124 cm³/mol. The van der Waals surface area contributed by atoms with Gasteiger partial charge in [-0.3, -0.25) is 14.9 Å². The van der Waals surface area contributed by atoms with Gasteiger partial charge in [-0.05, 0) is 53.8 Å². The number of anilines is 1. The van der Waals surface area contributed by atoms with Gasteiger partial charge in [0.15, 0.2) is 0 Å². The quantitative estimate of drug-likeness (QED) is 0.517. The Hall–Kier alpha value is -4.13. The summed E-state index contributed by atoms with van der Waals surface area (Å²) >= 11 is 0. The van der Waals surface area contributed by atoms with Gasteiger partial charge in [0.05, 0.1) is 0 Å². The van der Waals surface area contributed by atoms with E-state index in [9.17, 15) is 14.4 Å². The van der Waals surface area contributed by atoms with Crippen LogP contribution < -0.4 is 10.6 Å². The number of carbonyl (C=O) groups excluding carboxylic acids is 2. The van der Waals surface area contributed by atoms with Crippen LogP contribution in [-0.2, 0) is 9.53 Å². The molecule has 1 atom stereocenters. The molecule has 0 fully saturated rings. The molecule has 0 saturated carbocycles. The number of rotatable bonds is 6. The summed E-state index contributed by atoms with van der Waals surface area (Å²) in [6.45, 7) is 3.35. The number of ether oxygens (including phenoxy) is 1. The van der Waals surface area contributed by atoms with Crippen LogP contribution in [0, 0.1) is 6.92 Å². The van der Waals surface area contributed by atoms with E-state index in [0.717, 1.165) is 27.8 Å². The van der Waals surface area contributed by atoms with E-state index < -0.39 is 24.0 Å². The number of fused-ring (bicyclic) bond motifs is 3. The summed E-state index contributed by atoms with van der Waals surface area (Å²) in [4.78, 5) is 35.9. The lowest BCUT2D eigenvalue weighted by Crippen LogP contribution is -2.38. The highest BCUT2D eigenvalue weighted by atomic mass is 16.5. The highest BCUT2D eigenvalue weighted by molar-refractivity contribution is 5.98. The normalized spacial score (nSPS) is 12.9. The molecule has 33 heavy (non-hydrogen) atoms. The molecule has 3 aromatic carbocycles. The smallest absolute Gasteiger partial charge is 0.411 e. The zero-order valence-corrected chi connectivity index (χ0v) is 18.3. The van der Waals surface area contributed by atoms with Crippen molar-refractivity contribution in [1.82, 2.24) is 5.32 Å². The van der Waals surface area contributed by atoms with Crippen molar-refractivity contribution in [3.05, 3.63) is 89.0 Å². The van der Waals surface area contributed by atoms with Crippen LogP contribution in [0.5, 0.6) is 0 Å². The Labute approximate surface area is 191 Å². The fourth-order valence-electron chi connectivity index (χ4n) is 3.98. The molecule has 2 amide bonds. The molecule has 0 saturated heterocycles. The van der Waals surface area contributed by atoms with E-state index in [-0.39, 0.29) is 18.1 Å². The molecule has 1 aliphatic carbocycles. The summed E-state index contributed by atoms with van der Waals surface area (Å²) in [6, 6.07) is 19.9. The van der Waals surface area contributed by atoms with Gasteiger partial charge in [0, 0.05) is 17.2 Å². The lowest BCUT2D eigenvalue weighted by molar-refractivity contribution is -0.138. The first-order valence-corrected chi connectivity index (χ1v) is 10.6. The van der Waals surface area contributed by atoms with E-state index in [1.54, 1.807) is 19.1 Å². The van der Waals surface area contributed by atoms with Crippen molar-refractivity contribution in [3.63, 3.8) is 0 Å². The van der Waals surface area contributed by atoms with Crippen LogP contribution in [-0.4, -0.2) is 35.7 Å². The van der Waals surface area contributed by atoms with Crippen molar-refractivity contribution in [3.8, 4) is 11.1 Å². The molecule has 168 valence electrons. The number of nitrogens with one attached hydrogen (secondary N) is 2. The maximum absolute atomic E-state index is 12.6. The molecule has 3 aromatic rings. The van der Waals surface area contributed by atoms with Gasteiger partial charge in [-0.1, -0.05) is 54.6 Å². The van der Waals surface area contributed by atoms with Crippen LogP contribution in [0.15, 0.2) is 66.7 Å². The van der Waals surface area contributed by atoms with Gasteiger partial charge < -0.3 is 15.2 Å². The second-order valence-electron chi connectivity index (χ2n) is 8.01. The van der Waals surface area contributed by atoms with Crippen molar-refractivity contribution in [2.75, 3.05) is 11.9 Å². The van der Waals surface area contributed by atoms with Gasteiger partial charge in [-0.2, -0.15) is 0 Å². The number of carboxylic acid groups (broad SMARTS) is 1. The molecule has 0 aliphatic heterocycles. The second-order valence-corrected chi connectivity index (χ2v) is 8.01. The second kappa shape index (κ2) is 9.16. The molecule has 0 aromatic heterocycles. The molecule has 0 heterocycles. The summed E-state index contributed by atoms with van der Waals surface area (Å²) in [5.74, 6) is -1.73. The molecular formula is C26H24N2O5. The number of amides is 2. The molecule has 1 aliphatic rings. The molecule has 0 bridgehead atoms. The minimum atomic E-state index is -1.13. The Morgan fingerprint density at radius 1 is 0.970 bits per heavy atom. The Morgan fingerprint density at radius 2 is 1.58 bits per heavy atom. The Kier molecular flexibility index (Phi) is 6.13. The molecule has 4 rings (SSSR count). The average molecular weight is 444 g/mol. The SMILES string of the molecule is Cc1ccc(C(=O)NC(C)C(=O)O)cc1NC(=O)OCC1c2ccccc2-c2ccccc21. The third-order valence-corrected chi connectivity index (χ3v) is 5.80. The van der Waals surface area contributed by atoms with Crippen molar-refractivity contribution >= 4 is 23.7 Å². The first kappa shape index (κ1) is 22.1. The molecule has 0 spiro atoms. The minimum Gasteiger partial charge on any atom is -0.480 e. The number of aryl methyl sites for hydroxylation is 1. The fraction of sp³-hybridized carbons (Fsp3) is 0.192. The largest absolute Gasteiger partial charge is 0.480 e. The van der Waals surface area contributed by atoms with Crippen LogP contribution in [0.4, 0.5) is 10.5 Å². The van der Waals surface area contributed by atoms with Crippen LogP contribution in [0.1, 0.15) is 39.9 Å². The van der Waals surface area contributed by atoms with Crippen LogP contribution >= 0.6 is 0 Å². The van der Waals surface area contributed by atoms with E-state index in [1.807, 2.05) is 36.4 Å². The van der Waals surface area contributed by atoms with Gasteiger partial charge in [-0.25, -0.2) is 4.79 Å². The molecule has 1 unspecified atom stereocenters. The molecular weight excluding hydrogens is 420 g/mol. The van der Waals surface area contributed by atoms with Gasteiger partial charge in [-0.15, -0.1) is 0 Å². The van der Waals surface area contributed by atoms with Crippen molar-refractivity contribution < 1.29 is 24.2 Å². The zero-order valence-electron chi connectivity index (χ0n) is 18.3. The van der Waals surface area contributed by atoms with E-state index >= 15 is 0 Å². The van der Waals surface area contributed by atoms with Crippen molar-refractivity contribution in [1.29, 1.82) is 0 Å². The Balaban J connectivity index is 1.45. The number of hydrogen-bond acceptors (Lipinski definition) is 4. The standard InChI is InChI=1S/C26H24N2O5/c1-15-11-12-17(24(29)27-16(2)25(30)31)13-23(15)28-26(32)33-14-22-20-9-5-3-7-18(20)19-8-4-6-10-21(19)22/h3-13,16,22H,14H2,1-2H3,(H,27,29)(H,28,32)(H,30,31). The first-order valence-electron chi connectivity index (χ1n) is 10.6. The average Bonchev–Trinajstić information content (AvgIpc) is 3.12. The first-order chi connectivity index (χ1) is 15.8. The minimum absolute atomic E-state index is 0.0566. The third kappa shape index (κ3) is 4.57. The monoisotopic (exact) mass is 444 g/mol. The number of carbonyl (C=O) groups is 3. The number of carboxylic acids is 1. The zero-order chi connectivity index (χ0) is 23.5. The van der Waals surface area contributed by atoms with E-state index in [4.69, 9.17) is 9.84 Å². The molecule has 3 N–H and O–H groups in total. The summed E-state index contributed by atoms with van der Waals surface area (Å²) in [5, 5.41) is 14.1. The molecule has 7 nitrogen and oxygen atoms in total. The lowest BCUT2D eigenvalue weighted by atomic mass is 9.98. The summed E-state index contributed by atoms with van der Waals surface area (Å²) in [6.07, 6.45) is -0.628. The van der Waals surface area contributed by atoms with Gasteiger partial charge in [0.2, 0.25) is 0 Å². The van der Waals surface area contributed by atoms with Gasteiger partial charge >= 0.3 is 12.1 Å². The Bertz CT molecular complexity index is 1190. The topological polar surface area (TPSA) is 105 Å². The maximum Gasteiger partial charge on any atom is 0.411 e. The molecule has 0 radical (unpaired) electrons. The van der Waals surface area contributed by atoms with E-state index in [2.05, 4.69) is 22.8 Å². The summed E-state index contributed by atoms with van der Waals surface area (Å²) in [7, 11) is 0. The molecule has 7 heteroatoms. The number of benzene rings is 3. The van der Waals surface area contributed by atoms with Crippen molar-refractivity contribution in [2.24, 2.45) is 0 Å². The lowest BCUT2D eigenvalue weighted by Gasteiger charge is -2.16. The van der Waals surface area contributed by atoms with Gasteiger partial charge in [0.25, 0.3) is 5.91 Å². The van der Waals surface area contributed by atoms with Crippen LogP contribution in [0.3, 0.4) is 0 Å². The van der Waals surface area contributed by atoms with E-state index in [0.29, 0.717) is 5.69 Å². The van der Waals surface area contributed by atoms with Crippen LogP contribution in [0.25, 0.3) is 11.1 Å². The predicted octanol–water partition coefficient (Wildman–Crippen LogP) is 4.56. The highest BCUT2D eigenvalue weighted by Crippen LogP contribution is 2.44. The fourth-order valence-corrected chi connectivity index (χ4v) is 3.98. The summed E-state index contributed by atoms with van der Waals surface area (Å²) in [5.41, 5.74) is 5.93. The third-order valence-electron chi connectivity index (χ3n) is 5.80. The summed E-state index contributed by atoms with van der Waals surface area (Å²) < 4.78 is 5.57. The van der Waals surface area contributed by atoms with Crippen LogP contribution in [0.2, 0.25) is 0 Å². The van der Waals surface area contributed by atoms with Gasteiger partial charge in [0.1, 0.15) is 12.6 Å². The highest BCUT2D eigenvalue weighted by Gasteiger charge is 2.29. The number of hydrogen-bond donors (Lipinski definition) is 3. The van der Waals surface area contributed by atoms with Crippen molar-refractivity contribution in [2.45, 2.75) is 25.8 Å². The van der Waals surface area contributed by atoms with E-state index in [1.165, 1.54) is 13.0 Å². The number of aliphatic carboxylic acids is 1. The Morgan fingerprint density at radius 3 is 2.18 bits per heavy atom. The maximum atomic E-state index is 12.6.